The number of ether oxygens (including phenoxy) is 1. The van der Waals surface area contributed by atoms with Crippen LogP contribution in [0, 0.1) is 5.92 Å². The summed E-state index contributed by atoms with van der Waals surface area (Å²) in [4.78, 5) is 39.2. The first-order chi connectivity index (χ1) is 16.0. The first kappa shape index (κ1) is 21.5. The predicted molar refractivity (Wildman–Crippen MR) is 122 cm³/mol. The van der Waals surface area contributed by atoms with Gasteiger partial charge in [0, 0.05) is 12.5 Å². The second kappa shape index (κ2) is 8.21. The molecule has 172 valence electrons. The third-order valence-corrected chi connectivity index (χ3v) is 7.47. The fourth-order valence-electron chi connectivity index (χ4n) is 5.68. The number of hydrogen-bond acceptors (Lipinski definition) is 4. The number of benzene rings is 2. The van der Waals surface area contributed by atoms with Crippen molar-refractivity contribution in [3.63, 3.8) is 0 Å². The largest absolute Gasteiger partial charge is 0.479 e. The fraction of sp³-hybridized carbons (Fsp3) is 0.423. The number of rotatable bonds is 6. The minimum atomic E-state index is -1.09. The van der Waals surface area contributed by atoms with Crippen LogP contribution < -0.4 is 5.32 Å². The molecule has 1 aliphatic heterocycles. The van der Waals surface area contributed by atoms with Crippen LogP contribution in [0.1, 0.15) is 49.7 Å². The number of nitrogens with one attached hydrogen (secondary N) is 1. The molecule has 0 spiro atoms. The van der Waals surface area contributed by atoms with Crippen LogP contribution in [-0.2, 0) is 14.3 Å². The Bertz CT molecular complexity index is 1070. The van der Waals surface area contributed by atoms with Crippen molar-refractivity contribution >= 4 is 18.0 Å². The van der Waals surface area contributed by atoms with E-state index in [0.29, 0.717) is 19.4 Å². The Balaban J connectivity index is 1.25. The van der Waals surface area contributed by atoms with Crippen molar-refractivity contribution in [2.24, 2.45) is 5.92 Å². The third kappa shape index (κ3) is 3.46. The molecule has 2 amide bonds. The van der Waals surface area contributed by atoms with Crippen molar-refractivity contribution in [2.75, 3.05) is 13.2 Å². The number of amides is 2. The Hall–Kier alpha value is -3.35. The van der Waals surface area contributed by atoms with Crippen molar-refractivity contribution in [3.05, 3.63) is 59.7 Å². The van der Waals surface area contributed by atoms with Crippen LogP contribution in [0.4, 0.5) is 4.79 Å². The lowest BCUT2D eigenvalue weighted by Gasteiger charge is -2.36. The standard InChI is InChI=1S/C26H28N2O5/c1-2-22(23(29)28-13-7-8-16-14-26(16,28)24(30)31)27-25(32)33-15-21-19-11-5-3-9-17(19)18-10-4-6-12-20(18)21/h3-6,9-12,16,21-22H,2,7-8,13-15H2,1H3,(H,27,32)(H,30,31)/t16?,22-,26?/m0/s1. The Morgan fingerprint density at radius 2 is 1.76 bits per heavy atom. The summed E-state index contributed by atoms with van der Waals surface area (Å²) in [6.45, 7) is 2.37. The zero-order chi connectivity index (χ0) is 23.2. The second-order valence-corrected chi connectivity index (χ2v) is 9.19. The number of carboxylic acid groups (broad SMARTS) is 1. The zero-order valence-electron chi connectivity index (χ0n) is 18.6. The minimum absolute atomic E-state index is 0.0136. The van der Waals surface area contributed by atoms with E-state index >= 15 is 0 Å². The Kier molecular flexibility index (Phi) is 5.35. The lowest BCUT2D eigenvalue weighted by atomic mass is 9.98. The first-order valence-electron chi connectivity index (χ1n) is 11.6. The van der Waals surface area contributed by atoms with E-state index < -0.39 is 23.6 Å². The predicted octanol–water partition coefficient (Wildman–Crippen LogP) is 3.77. The molecule has 33 heavy (non-hydrogen) atoms. The van der Waals surface area contributed by atoms with Crippen LogP contribution in [0.2, 0.25) is 0 Å². The highest BCUT2D eigenvalue weighted by molar-refractivity contribution is 5.94. The molecule has 2 N–H and O–H groups in total. The van der Waals surface area contributed by atoms with Gasteiger partial charge in [0.25, 0.3) is 0 Å². The first-order valence-corrected chi connectivity index (χ1v) is 11.6. The van der Waals surface area contributed by atoms with Crippen LogP contribution in [0.15, 0.2) is 48.5 Å². The van der Waals surface area contributed by atoms with E-state index in [1.165, 1.54) is 4.90 Å². The monoisotopic (exact) mass is 448 g/mol. The SMILES string of the molecule is CC[C@H](NC(=O)OCC1c2ccccc2-c2ccccc21)C(=O)N1CCCC2CC21C(=O)O. The van der Waals surface area contributed by atoms with E-state index in [4.69, 9.17) is 4.74 Å². The maximum Gasteiger partial charge on any atom is 0.407 e. The number of likely N-dealkylation sites (tertiary alicyclic amines) is 1. The molecule has 2 aromatic rings. The molecule has 3 aliphatic rings. The summed E-state index contributed by atoms with van der Waals surface area (Å²) in [5.74, 6) is -1.34. The normalized spacial score (nSPS) is 23.7. The van der Waals surface area contributed by atoms with Gasteiger partial charge in [-0.25, -0.2) is 9.59 Å². The van der Waals surface area contributed by atoms with Gasteiger partial charge in [-0.3, -0.25) is 4.79 Å². The summed E-state index contributed by atoms with van der Waals surface area (Å²) in [6, 6.07) is 15.4. The van der Waals surface area contributed by atoms with Crippen molar-refractivity contribution in [2.45, 2.75) is 50.1 Å². The number of aliphatic carboxylic acids is 1. The summed E-state index contributed by atoms with van der Waals surface area (Å²) in [5, 5.41) is 12.4. The minimum Gasteiger partial charge on any atom is -0.479 e. The summed E-state index contributed by atoms with van der Waals surface area (Å²) >= 11 is 0. The van der Waals surface area contributed by atoms with Gasteiger partial charge in [0.05, 0.1) is 0 Å². The number of fused-ring (bicyclic) bond motifs is 4. The van der Waals surface area contributed by atoms with E-state index in [1.54, 1.807) is 6.92 Å². The van der Waals surface area contributed by atoms with Gasteiger partial charge in [-0.2, -0.15) is 0 Å². The van der Waals surface area contributed by atoms with Gasteiger partial charge in [0.2, 0.25) is 5.91 Å². The van der Waals surface area contributed by atoms with Gasteiger partial charge in [0.15, 0.2) is 0 Å². The molecular formula is C26H28N2O5. The maximum atomic E-state index is 13.2. The smallest absolute Gasteiger partial charge is 0.407 e. The second-order valence-electron chi connectivity index (χ2n) is 9.19. The summed E-state index contributed by atoms with van der Waals surface area (Å²) in [6.07, 6.45) is 1.81. The highest BCUT2D eigenvalue weighted by Gasteiger charge is 2.67. The molecule has 0 radical (unpaired) electrons. The fourth-order valence-corrected chi connectivity index (χ4v) is 5.68. The molecule has 3 atom stereocenters. The van der Waals surface area contributed by atoms with Crippen molar-refractivity contribution in [3.8, 4) is 11.1 Å². The lowest BCUT2D eigenvalue weighted by molar-refractivity contribution is -0.155. The maximum absolute atomic E-state index is 13.2. The number of carbonyl (C=O) groups is 3. The third-order valence-electron chi connectivity index (χ3n) is 7.47. The topological polar surface area (TPSA) is 95.9 Å². The van der Waals surface area contributed by atoms with Gasteiger partial charge in [-0.05, 0) is 53.9 Å². The Morgan fingerprint density at radius 1 is 1.12 bits per heavy atom. The van der Waals surface area contributed by atoms with E-state index in [-0.39, 0.29) is 24.3 Å². The average Bonchev–Trinajstić information content (AvgIpc) is 3.52. The van der Waals surface area contributed by atoms with Crippen LogP contribution >= 0.6 is 0 Å². The summed E-state index contributed by atoms with van der Waals surface area (Å²) in [5.41, 5.74) is 3.43. The Morgan fingerprint density at radius 3 is 2.36 bits per heavy atom. The van der Waals surface area contributed by atoms with Crippen LogP contribution in [0.3, 0.4) is 0 Å². The zero-order valence-corrected chi connectivity index (χ0v) is 18.6. The highest BCUT2D eigenvalue weighted by atomic mass is 16.5. The van der Waals surface area contributed by atoms with E-state index in [2.05, 4.69) is 17.4 Å². The van der Waals surface area contributed by atoms with Crippen molar-refractivity contribution in [1.82, 2.24) is 10.2 Å². The van der Waals surface area contributed by atoms with Gasteiger partial charge in [-0.15, -0.1) is 0 Å². The molecule has 1 saturated carbocycles. The number of nitrogens with zero attached hydrogens (tertiary/aromatic N) is 1. The highest BCUT2D eigenvalue weighted by Crippen LogP contribution is 2.54. The quantitative estimate of drug-likeness (QED) is 0.701. The number of carbonyl (C=O) groups excluding carboxylic acids is 2. The molecule has 0 aromatic heterocycles. The van der Waals surface area contributed by atoms with Gasteiger partial charge < -0.3 is 20.1 Å². The van der Waals surface area contributed by atoms with Crippen LogP contribution in [0.25, 0.3) is 11.1 Å². The number of alkyl carbamates (subject to hydrolysis) is 1. The van der Waals surface area contributed by atoms with Gasteiger partial charge in [-0.1, -0.05) is 55.5 Å². The van der Waals surface area contributed by atoms with Crippen molar-refractivity contribution < 1.29 is 24.2 Å². The van der Waals surface area contributed by atoms with E-state index in [1.807, 2.05) is 36.4 Å². The molecule has 1 saturated heterocycles. The summed E-state index contributed by atoms with van der Waals surface area (Å²) in [7, 11) is 0. The van der Waals surface area contributed by atoms with E-state index in [9.17, 15) is 19.5 Å². The van der Waals surface area contributed by atoms with Crippen molar-refractivity contribution in [1.29, 1.82) is 0 Å². The van der Waals surface area contributed by atoms with Gasteiger partial charge in [0.1, 0.15) is 18.2 Å². The molecule has 7 nitrogen and oxygen atoms in total. The summed E-state index contributed by atoms with van der Waals surface area (Å²) < 4.78 is 5.58. The number of hydrogen-bond donors (Lipinski definition) is 2. The molecule has 7 heteroatoms. The number of piperidine rings is 1. The molecule has 2 fully saturated rings. The Labute approximate surface area is 192 Å². The molecule has 1 heterocycles. The molecular weight excluding hydrogens is 420 g/mol. The number of carboxylic acids is 1. The molecule has 0 bridgehead atoms. The van der Waals surface area contributed by atoms with Crippen LogP contribution in [-0.4, -0.2) is 52.7 Å². The molecule has 2 unspecified atom stereocenters. The molecule has 2 aromatic carbocycles. The lowest BCUT2D eigenvalue weighted by Crippen LogP contribution is -2.57. The molecule has 2 aliphatic carbocycles. The average molecular weight is 449 g/mol. The van der Waals surface area contributed by atoms with E-state index in [0.717, 1.165) is 35.1 Å². The molecule has 5 rings (SSSR count). The van der Waals surface area contributed by atoms with Gasteiger partial charge >= 0.3 is 12.1 Å². The van der Waals surface area contributed by atoms with Crippen LogP contribution in [0.5, 0.6) is 0 Å².